The lowest BCUT2D eigenvalue weighted by Gasteiger charge is -2.39. The Bertz CT molecular complexity index is 1100. The normalized spacial score (nSPS) is 16.1. The maximum atomic E-state index is 12.8. The minimum Gasteiger partial charge on any atom is -0.497 e. The molecule has 7 nitrogen and oxygen atoms in total. The van der Waals surface area contributed by atoms with Crippen molar-refractivity contribution in [2.45, 2.75) is 10.9 Å². The Kier molecular flexibility index (Phi) is 7.20. The Morgan fingerprint density at radius 2 is 1.72 bits per heavy atom. The molecule has 0 bridgehead atoms. The van der Waals surface area contributed by atoms with E-state index >= 15 is 0 Å². The Labute approximate surface area is 197 Å². The smallest absolute Gasteiger partial charge is 0.240 e. The first-order valence-corrected chi connectivity index (χ1v) is 12.7. The quantitative estimate of drug-likeness (QED) is 0.486. The van der Waals surface area contributed by atoms with Crippen molar-refractivity contribution < 1.29 is 17.6 Å². The molecule has 1 fully saturated rings. The van der Waals surface area contributed by atoms with Gasteiger partial charge in [0.15, 0.2) is 0 Å². The summed E-state index contributed by atoms with van der Waals surface area (Å²) in [4.78, 5) is 4.83. The number of halogens is 1. The molecule has 0 radical (unpaired) electrons. The molecular formula is C23H26BrN3O4S. The summed E-state index contributed by atoms with van der Waals surface area (Å²) >= 11 is 3.34. The van der Waals surface area contributed by atoms with Crippen LogP contribution in [0.5, 0.6) is 5.75 Å². The van der Waals surface area contributed by atoms with Crippen molar-refractivity contribution >= 4 is 31.6 Å². The molecule has 9 heteroatoms. The third-order valence-electron chi connectivity index (χ3n) is 5.65. The largest absolute Gasteiger partial charge is 0.497 e. The molecule has 1 aliphatic rings. The molecule has 1 unspecified atom stereocenters. The van der Waals surface area contributed by atoms with Gasteiger partial charge in [0.1, 0.15) is 11.5 Å². The molecule has 3 aromatic rings. The number of nitrogens with zero attached hydrogens (tertiary/aromatic N) is 2. The van der Waals surface area contributed by atoms with E-state index in [2.05, 4.69) is 42.6 Å². The van der Waals surface area contributed by atoms with E-state index in [-0.39, 0.29) is 17.5 Å². The molecular weight excluding hydrogens is 494 g/mol. The number of hydrogen-bond donors (Lipinski definition) is 1. The second kappa shape index (κ2) is 10.1. The van der Waals surface area contributed by atoms with Crippen LogP contribution >= 0.6 is 15.9 Å². The lowest BCUT2D eigenvalue weighted by molar-refractivity contribution is 0.166. The van der Waals surface area contributed by atoms with E-state index < -0.39 is 10.0 Å². The van der Waals surface area contributed by atoms with Gasteiger partial charge in [-0.3, -0.25) is 4.90 Å². The van der Waals surface area contributed by atoms with Crippen LogP contribution in [-0.4, -0.2) is 53.2 Å². The van der Waals surface area contributed by atoms with Crippen LogP contribution in [0.4, 0.5) is 5.69 Å². The Morgan fingerprint density at radius 3 is 2.31 bits per heavy atom. The van der Waals surface area contributed by atoms with E-state index in [9.17, 15) is 8.42 Å². The van der Waals surface area contributed by atoms with Gasteiger partial charge in [0.25, 0.3) is 0 Å². The van der Waals surface area contributed by atoms with E-state index in [0.29, 0.717) is 0 Å². The maximum Gasteiger partial charge on any atom is 0.240 e. The van der Waals surface area contributed by atoms with E-state index in [1.54, 1.807) is 37.6 Å². The molecule has 170 valence electrons. The number of rotatable bonds is 8. The van der Waals surface area contributed by atoms with Crippen LogP contribution < -0.4 is 14.4 Å². The number of methoxy groups -OCH3 is 1. The van der Waals surface area contributed by atoms with Gasteiger partial charge in [0.2, 0.25) is 10.0 Å². The molecule has 1 atom stereocenters. The summed E-state index contributed by atoms with van der Waals surface area (Å²) in [5, 5.41) is 0. The molecule has 0 spiro atoms. The fourth-order valence-corrected chi connectivity index (χ4v) is 5.16. The highest BCUT2D eigenvalue weighted by Crippen LogP contribution is 2.26. The first-order chi connectivity index (χ1) is 15.5. The molecule has 0 saturated carbocycles. The summed E-state index contributed by atoms with van der Waals surface area (Å²) in [5.41, 5.74) is 1.15. The highest BCUT2D eigenvalue weighted by molar-refractivity contribution is 9.10. The summed E-state index contributed by atoms with van der Waals surface area (Å²) in [6.45, 7) is 3.48. The van der Waals surface area contributed by atoms with Gasteiger partial charge >= 0.3 is 0 Å². The minimum absolute atomic E-state index is 0.187. The van der Waals surface area contributed by atoms with Crippen molar-refractivity contribution in [1.29, 1.82) is 0 Å². The first-order valence-electron chi connectivity index (χ1n) is 10.4. The van der Waals surface area contributed by atoms with E-state index in [1.807, 2.05) is 24.3 Å². The van der Waals surface area contributed by atoms with Crippen molar-refractivity contribution in [1.82, 2.24) is 9.62 Å². The van der Waals surface area contributed by atoms with Gasteiger partial charge in [-0.2, -0.15) is 0 Å². The maximum absolute atomic E-state index is 12.8. The van der Waals surface area contributed by atoms with E-state index in [1.165, 1.54) is 0 Å². The topological polar surface area (TPSA) is 75.0 Å². The Morgan fingerprint density at radius 1 is 1.03 bits per heavy atom. The van der Waals surface area contributed by atoms with Gasteiger partial charge in [-0.05, 0) is 60.7 Å². The molecule has 4 rings (SSSR count). The van der Waals surface area contributed by atoms with Gasteiger partial charge < -0.3 is 14.1 Å². The lowest BCUT2D eigenvalue weighted by Crippen LogP contribution is -2.49. The molecule has 0 amide bonds. The Balaban J connectivity index is 1.43. The van der Waals surface area contributed by atoms with Crippen LogP contribution in [0, 0.1) is 0 Å². The first kappa shape index (κ1) is 22.8. The second-order valence-electron chi connectivity index (χ2n) is 7.56. The number of hydrogen-bond acceptors (Lipinski definition) is 6. The van der Waals surface area contributed by atoms with Gasteiger partial charge in [-0.15, -0.1) is 0 Å². The average Bonchev–Trinajstić information content (AvgIpc) is 3.35. The highest BCUT2D eigenvalue weighted by Gasteiger charge is 2.28. The van der Waals surface area contributed by atoms with Gasteiger partial charge in [-0.1, -0.05) is 15.9 Å². The molecule has 1 aliphatic heterocycles. The zero-order chi connectivity index (χ0) is 22.6. The zero-order valence-electron chi connectivity index (χ0n) is 17.8. The third kappa shape index (κ3) is 5.35. The molecule has 1 N–H and O–H groups in total. The van der Waals surface area contributed by atoms with Crippen LogP contribution in [0.25, 0.3) is 0 Å². The number of sulfonamides is 1. The van der Waals surface area contributed by atoms with Gasteiger partial charge in [-0.25, -0.2) is 13.1 Å². The summed E-state index contributed by atoms with van der Waals surface area (Å²) in [5.74, 6) is 1.59. The van der Waals surface area contributed by atoms with Crippen molar-refractivity contribution in [2.24, 2.45) is 0 Å². The van der Waals surface area contributed by atoms with Crippen molar-refractivity contribution in [3.05, 3.63) is 77.2 Å². The monoisotopic (exact) mass is 519 g/mol. The molecule has 1 aromatic heterocycles. The zero-order valence-corrected chi connectivity index (χ0v) is 20.2. The van der Waals surface area contributed by atoms with E-state index in [4.69, 9.17) is 9.15 Å². The SMILES string of the molecule is COc1ccc(N2CCN(C(CNS(=O)(=O)c3ccc(Br)cc3)c3ccco3)CC2)cc1. The standard InChI is InChI=1S/C23H26BrN3O4S/c1-30-20-8-6-19(7-9-20)26-12-14-27(15-13-26)22(23-3-2-16-31-23)17-25-32(28,29)21-10-4-18(24)5-11-21/h2-11,16,22,25H,12-15,17H2,1H3. The number of nitrogens with one attached hydrogen (secondary N) is 1. The lowest BCUT2D eigenvalue weighted by atomic mass is 10.1. The van der Waals surface area contributed by atoms with Gasteiger partial charge in [0, 0.05) is 42.9 Å². The number of ether oxygens (including phenoxy) is 1. The fraction of sp³-hybridized carbons (Fsp3) is 0.304. The van der Waals surface area contributed by atoms with Crippen LogP contribution in [0.2, 0.25) is 0 Å². The molecule has 0 aliphatic carbocycles. The van der Waals surface area contributed by atoms with Crippen molar-refractivity contribution in [2.75, 3.05) is 44.7 Å². The summed E-state index contributed by atoms with van der Waals surface area (Å²) < 4.78 is 40.1. The van der Waals surface area contributed by atoms with Gasteiger partial charge in [0.05, 0.1) is 24.3 Å². The number of anilines is 1. The van der Waals surface area contributed by atoms with Crippen LogP contribution in [0.1, 0.15) is 11.8 Å². The fourth-order valence-electron chi connectivity index (χ4n) is 3.86. The molecule has 2 aromatic carbocycles. The average molecular weight is 520 g/mol. The molecule has 32 heavy (non-hydrogen) atoms. The molecule has 2 heterocycles. The second-order valence-corrected chi connectivity index (χ2v) is 10.2. The van der Waals surface area contributed by atoms with Crippen LogP contribution in [-0.2, 0) is 10.0 Å². The molecule has 1 saturated heterocycles. The number of furan rings is 1. The van der Waals surface area contributed by atoms with Crippen LogP contribution in [0.15, 0.2) is 80.7 Å². The Hall–Kier alpha value is -2.33. The number of benzene rings is 2. The van der Waals surface area contributed by atoms with Crippen molar-refractivity contribution in [3.63, 3.8) is 0 Å². The summed E-state index contributed by atoms with van der Waals surface area (Å²) in [6.07, 6.45) is 1.62. The third-order valence-corrected chi connectivity index (χ3v) is 7.62. The predicted octanol–water partition coefficient (Wildman–Crippen LogP) is 3.89. The van der Waals surface area contributed by atoms with E-state index in [0.717, 1.165) is 47.8 Å². The highest BCUT2D eigenvalue weighted by atomic mass is 79.9. The number of piperazine rings is 1. The van der Waals surface area contributed by atoms with Crippen LogP contribution in [0.3, 0.4) is 0 Å². The van der Waals surface area contributed by atoms with Crippen molar-refractivity contribution in [3.8, 4) is 5.75 Å². The minimum atomic E-state index is -3.62. The predicted molar refractivity (Wildman–Crippen MR) is 128 cm³/mol. The summed E-state index contributed by atoms with van der Waals surface area (Å²) in [6, 6.07) is 18.2. The summed E-state index contributed by atoms with van der Waals surface area (Å²) in [7, 11) is -1.96.